The Morgan fingerprint density at radius 2 is 1.62 bits per heavy atom. The third-order valence-electron chi connectivity index (χ3n) is 1.57. The van der Waals surface area contributed by atoms with Crippen LogP contribution in [-0.4, -0.2) is 22.3 Å². The summed E-state index contributed by atoms with van der Waals surface area (Å²) >= 11 is 5.74. The molecular weight excluding hydrogens is 252 g/mol. The van der Waals surface area contributed by atoms with Crippen molar-refractivity contribution in [1.82, 2.24) is 4.90 Å². The number of rotatable bonds is 4. The van der Waals surface area contributed by atoms with E-state index in [0.717, 1.165) is 13.1 Å². The van der Waals surface area contributed by atoms with Crippen LogP contribution in [0.2, 0.25) is 0 Å². The first-order valence-electron chi connectivity index (χ1n) is 4.70. The molecule has 0 aromatic rings. The Morgan fingerprint density at radius 3 is 1.85 bits per heavy atom. The maximum absolute atomic E-state index is 4.51. The molecule has 0 N–H and O–H groups in total. The van der Waals surface area contributed by atoms with Crippen LogP contribution in [0, 0.1) is 11.8 Å². The van der Waals surface area contributed by atoms with Gasteiger partial charge in [0.15, 0.2) is 0 Å². The number of thiol groups is 1. The van der Waals surface area contributed by atoms with Crippen LogP contribution < -0.4 is 0 Å². The molecule has 4 heteroatoms. The van der Waals surface area contributed by atoms with E-state index < -0.39 is 0 Å². The van der Waals surface area contributed by atoms with Crippen molar-refractivity contribution in [3.63, 3.8) is 0 Å². The first-order chi connectivity index (χ1) is 5.97. The summed E-state index contributed by atoms with van der Waals surface area (Å²) in [6.45, 7) is 11.3. The van der Waals surface area contributed by atoms with Crippen LogP contribution in [0.25, 0.3) is 0 Å². The fraction of sp³-hybridized carbons (Fsp3) is 0.889. The van der Waals surface area contributed by atoms with Gasteiger partial charge in [-0.05, 0) is 0 Å². The number of nitrogens with zero attached hydrogens (tertiary/aromatic N) is 1. The van der Waals surface area contributed by atoms with Gasteiger partial charge in [-0.3, -0.25) is 0 Å². The van der Waals surface area contributed by atoms with Crippen LogP contribution in [0.4, 0.5) is 0 Å². The first kappa shape index (κ1) is 14.0. The van der Waals surface area contributed by atoms with Gasteiger partial charge in [0.2, 0.25) is 0 Å². The van der Waals surface area contributed by atoms with Crippen LogP contribution in [0.5, 0.6) is 0 Å². The van der Waals surface area contributed by atoms with E-state index in [9.17, 15) is 0 Å². The van der Waals surface area contributed by atoms with Gasteiger partial charge in [-0.2, -0.15) is 0 Å². The van der Waals surface area contributed by atoms with E-state index >= 15 is 0 Å². The van der Waals surface area contributed by atoms with E-state index in [1.165, 1.54) is 20.9 Å². The predicted octanol–water partition coefficient (Wildman–Crippen LogP) is 2.81. The molecule has 0 atom stereocenters. The SMILES string of the molecule is CC(C)CN(CC(C)C)C(S)=[S]=[Zn]. The topological polar surface area (TPSA) is 3.24 Å². The quantitative estimate of drug-likeness (QED) is 0.467. The molecule has 0 amide bonds. The van der Waals surface area contributed by atoms with Gasteiger partial charge >= 0.3 is 99.9 Å². The van der Waals surface area contributed by atoms with E-state index in [-0.39, 0.29) is 0 Å². The van der Waals surface area contributed by atoms with Crippen molar-refractivity contribution in [1.29, 1.82) is 0 Å². The molecule has 0 saturated carbocycles. The number of hydrogen-bond donors (Lipinski definition) is 1. The fourth-order valence-corrected chi connectivity index (χ4v) is 2.85. The normalized spacial score (nSPS) is 11.5. The molecule has 0 aliphatic carbocycles. The van der Waals surface area contributed by atoms with E-state index in [0.29, 0.717) is 11.8 Å². The Morgan fingerprint density at radius 1 is 1.23 bits per heavy atom. The van der Waals surface area contributed by atoms with Crippen molar-refractivity contribution >= 4 is 25.8 Å². The molecule has 0 heterocycles. The summed E-state index contributed by atoms with van der Waals surface area (Å²) in [5.41, 5.74) is 0. The summed E-state index contributed by atoms with van der Waals surface area (Å²) in [7, 11) is 1.85. The van der Waals surface area contributed by atoms with Gasteiger partial charge in [0, 0.05) is 0 Å². The van der Waals surface area contributed by atoms with Crippen molar-refractivity contribution in [2.75, 3.05) is 13.1 Å². The van der Waals surface area contributed by atoms with Gasteiger partial charge in [-0.15, -0.1) is 0 Å². The zero-order valence-electron chi connectivity index (χ0n) is 9.08. The standard InChI is InChI=1S/C9H19NS2.Zn/c1-7(2)5-10(9(11)12)6-8(3)4;/h7-8H,5-6H2,1-4H3,(H,11,12);. The maximum atomic E-state index is 4.51. The summed E-state index contributed by atoms with van der Waals surface area (Å²) in [6, 6.07) is 0. The van der Waals surface area contributed by atoms with Crippen LogP contribution in [-0.2, 0) is 16.6 Å². The Hall–Kier alpha value is 1.02. The number of hydrogen-bond acceptors (Lipinski definition) is 0. The second-order valence-corrected chi connectivity index (χ2v) is 7.34. The molecule has 0 rings (SSSR count). The van der Waals surface area contributed by atoms with Crippen molar-refractivity contribution in [2.45, 2.75) is 27.7 Å². The zero-order chi connectivity index (χ0) is 10.4. The van der Waals surface area contributed by atoms with Crippen LogP contribution in [0.1, 0.15) is 27.7 Å². The van der Waals surface area contributed by atoms with Crippen molar-refractivity contribution < 1.29 is 16.6 Å². The van der Waals surface area contributed by atoms with E-state index in [1.54, 1.807) is 0 Å². The second kappa shape index (κ2) is 7.33. The fourth-order valence-electron chi connectivity index (χ4n) is 1.20. The van der Waals surface area contributed by atoms with E-state index in [2.05, 4.69) is 45.2 Å². The molecule has 0 saturated heterocycles. The third kappa shape index (κ3) is 7.01. The molecular formula is C9H19NS2Zn. The molecule has 13 heavy (non-hydrogen) atoms. The summed E-state index contributed by atoms with van der Waals surface area (Å²) in [5.74, 6) is 1.43. The molecule has 0 aromatic carbocycles. The predicted molar refractivity (Wildman–Crippen MR) is 62.8 cm³/mol. The van der Waals surface area contributed by atoms with Gasteiger partial charge in [0.1, 0.15) is 0 Å². The monoisotopic (exact) mass is 269 g/mol. The van der Waals surface area contributed by atoms with E-state index in [1.807, 2.05) is 8.84 Å². The molecule has 0 radical (unpaired) electrons. The Labute approximate surface area is 99.5 Å². The van der Waals surface area contributed by atoms with Crippen molar-refractivity contribution in [3.8, 4) is 0 Å². The molecule has 0 fully saturated rings. The minimum absolute atomic E-state index is 0.716. The molecule has 74 valence electrons. The van der Waals surface area contributed by atoms with Gasteiger partial charge in [0.05, 0.1) is 0 Å². The zero-order valence-corrected chi connectivity index (χ0v) is 13.8. The summed E-state index contributed by atoms with van der Waals surface area (Å²) in [4.78, 5) is 2.40. The van der Waals surface area contributed by atoms with Crippen molar-refractivity contribution in [3.05, 3.63) is 0 Å². The Balaban J connectivity index is 4.28. The summed E-state index contributed by atoms with van der Waals surface area (Å²) in [6.07, 6.45) is 0. The van der Waals surface area contributed by atoms with Crippen LogP contribution in [0.15, 0.2) is 0 Å². The molecule has 0 aliphatic heterocycles. The molecule has 0 aliphatic rings. The average Bonchev–Trinajstić information content (AvgIpc) is 2.00. The second-order valence-electron chi connectivity index (χ2n) is 4.12. The molecule has 1 nitrogen and oxygen atoms in total. The molecule has 0 spiro atoms. The first-order valence-corrected chi connectivity index (χ1v) is 9.77. The molecule has 0 unspecified atom stereocenters. The minimum atomic E-state index is 0.716. The van der Waals surface area contributed by atoms with Gasteiger partial charge < -0.3 is 0 Å². The molecule has 0 bridgehead atoms. The summed E-state index contributed by atoms with van der Waals surface area (Å²) < 4.78 is 1.20. The van der Waals surface area contributed by atoms with Crippen molar-refractivity contribution in [2.24, 2.45) is 11.8 Å². The van der Waals surface area contributed by atoms with Gasteiger partial charge in [-0.25, -0.2) is 0 Å². The van der Waals surface area contributed by atoms with Gasteiger partial charge in [0.25, 0.3) is 0 Å². The van der Waals surface area contributed by atoms with Crippen LogP contribution >= 0.6 is 21.5 Å². The summed E-state index contributed by atoms with van der Waals surface area (Å²) in [5, 5.41) is 0. The third-order valence-corrected chi connectivity index (χ3v) is 6.01. The van der Waals surface area contributed by atoms with E-state index in [4.69, 9.17) is 0 Å². The Kier molecular flexibility index (Phi) is 7.91. The molecule has 0 aromatic heterocycles. The van der Waals surface area contributed by atoms with Gasteiger partial charge in [-0.1, -0.05) is 0 Å². The average molecular weight is 271 g/mol. The van der Waals surface area contributed by atoms with Crippen LogP contribution in [0.3, 0.4) is 0 Å². The Bertz CT molecular complexity index is 188.